The van der Waals surface area contributed by atoms with Crippen molar-refractivity contribution in [2.24, 2.45) is 23.7 Å². The smallest absolute Gasteiger partial charge is 0.334 e. The molecule has 0 aromatic heterocycles. The molecule has 23 heavy (non-hydrogen) atoms. The average molecular weight is 316 g/mol. The van der Waals surface area contributed by atoms with Crippen molar-refractivity contribution in [2.45, 2.75) is 44.9 Å². The predicted molar refractivity (Wildman–Crippen MR) is 84.4 cm³/mol. The molecule has 124 valence electrons. The number of carbonyl (C=O) groups is 2. The normalized spacial score (nSPS) is 35.0. The number of esters is 2. The number of allylic oxidation sites excluding steroid dienone is 2. The Morgan fingerprint density at radius 2 is 1.22 bits per heavy atom. The molecule has 0 N–H and O–H groups in total. The number of fused-ring (bicyclic) bond motifs is 7. The average Bonchev–Trinajstić information content (AvgIpc) is 3.05. The predicted octanol–water partition coefficient (Wildman–Crippen LogP) is 3.18. The monoisotopic (exact) mass is 316 g/mol. The summed E-state index contributed by atoms with van der Waals surface area (Å²) < 4.78 is 9.96. The summed E-state index contributed by atoms with van der Waals surface area (Å²) in [5.74, 6) is 0.633. The van der Waals surface area contributed by atoms with Crippen molar-refractivity contribution >= 4 is 11.9 Å². The molecule has 0 heterocycles. The molecule has 4 heteroatoms. The van der Waals surface area contributed by atoms with E-state index in [1.807, 2.05) is 0 Å². The van der Waals surface area contributed by atoms with Crippen LogP contribution >= 0.6 is 0 Å². The first kappa shape index (κ1) is 15.0. The Kier molecular flexibility index (Phi) is 3.58. The van der Waals surface area contributed by atoms with Crippen LogP contribution < -0.4 is 0 Å². The van der Waals surface area contributed by atoms with Crippen LogP contribution in [0.25, 0.3) is 0 Å². The Morgan fingerprint density at radius 1 is 0.783 bits per heavy atom. The third-order valence-corrected chi connectivity index (χ3v) is 6.46. The summed E-state index contributed by atoms with van der Waals surface area (Å²) >= 11 is 0. The second-order valence-electron chi connectivity index (χ2n) is 7.28. The van der Waals surface area contributed by atoms with Crippen LogP contribution in [0.3, 0.4) is 0 Å². The summed E-state index contributed by atoms with van der Waals surface area (Å²) in [6, 6.07) is 0. The standard InChI is InChI=1S/C19H24O4/c1-22-18(20)16-12-9-13(17(16)19(21)23-2)15-11-8-6-4-3-5-7-10(11)14(12)15/h12-15H,3-9H2,1-2H3. The summed E-state index contributed by atoms with van der Waals surface area (Å²) in [6.45, 7) is 0. The molecule has 0 amide bonds. The SMILES string of the molecule is COC(=O)C1=C(C(=O)OC)C2CC1C1C3=C(CCCCCC3)C21. The highest BCUT2D eigenvalue weighted by atomic mass is 16.5. The molecule has 0 radical (unpaired) electrons. The molecule has 4 aliphatic rings. The molecule has 4 aliphatic carbocycles. The highest BCUT2D eigenvalue weighted by molar-refractivity contribution is 6.03. The Morgan fingerprint density at radius 3 is 1.61 bits per heavy atom. The van der Waals surface area contributed by atoms with Crippen LogP contribution in [0.2, 0.25) is 0 Å². The largest absolute Gasteiger partial charge is 0.466 e. The van der Waals surface area contributed by atoms with E-state index in [9.17, 15) is 9.59 Å². The fourth-order valence-electron chi connectivity index (χ4n) is 5.69. The van der Waals surface area contributed by atoms with Gasteiger partial charge in [0.1, 0.15) is 0 Å². The van der Waals surface area contributed by atoms with E-state index in [0.29, 0.717) is 23.0 Å². The molecule has 0 saturated heterocycles. The Labute approximate surface area is 136 Å². The van der Waals surface area contributed by atoms with Crippen LogP contribution in [0, 0.1) is 23.7 Å². The number of carbonyl (C=O) groups excluding carboxylic acids is 2. The zero-order chi connectivity index (χ0) is 16.1. The second kappa shape index (κ2) is 5.50. The first-order chi connectivity index (χ1) is 11.2. The van der Waals surface area contributed by atoms with Crippen molar-refractivity contribution in [1.29, 1.82) is 0 Å². The van der Waals surface area contributed by atoms with E-state index in [0.717, 1.165) is 6.42 Å². The Bertz CT molecular complexity index is 575. The lowest BCUT2D eigenvalue weighted by Gasteiger charge is -2.46. The number of methoxy groups -OCH3 is 2. The van der Waals surface area contributed by atoms with Gasteiger partial charge in [0.25, 0.3) is 0 Å². The summed E-state index contributed by atoms with van der Waals surface area (Å²) in [4.78, 5) is 24.6. The first-order valence-electron chi connectivity index (χ1n) is 8.81. The van der Waals surface area contributed by atoms with Gasteiger partial charge in [0.15, 0.2) is 0 Å². The maximum atomic E-state index is 12.3. The van der Waals surface area contributed by atoms with Crippen LogP contribution in [-0.4, -0.2) is 26.2 Å². The van der Waals surface area contributed by atoms with E-state index in [1.165, 1.54) is 52.7 Å². The van der Waals surface area contributed by atoms with Crippen LogP contribution in [0.4, 0.5) is 0 Å². The lowest BCUT2D eigenvalue weighted by molar-refractivity contribution is -0.140. The topological polar surface area (TPSA) is 52.6 Å². The van der Waals surface area contributed by atoms with Gasteiger partial charge in [-0.3, -0.25) is 0 Å². The highest BCUT2D eigenvalue weighted by Crippen LogP contribution is 2.67. The zero-order valence-electron chi connectivity index (χ0n) is 13.9. The van der Waals surface area contributed by atoms with Crippen molar-refractivity contribution in [1.82, 2.24) is 0 Å². The molecule has 4 nitrogen and oxygen atoms in total. The summed E-state index contributed by atoms with van der Waals surface area (Å²) in [7, 11) is 2.80. The minimum atomic E-state index is -0.337. The van der Waals surface area contributed by atoms with Gasteiger partial charge in [0.2, 0.25) is 0 Å². The van der Waals surface area contributed by atoms with E-state index in [-0.39, 0.29) is 23.8 Å². The maximum Gasteiger partial charge on any atom is 0.334 e. The number of hydrogen-bond acceptors (Lipinski definition) is 4. The van der Waals surface area contributed by atoms with Crippen molar-refractivity contribution in [3.63, 3.8) is 0 Å². The minimum absolute atomic E-state index is 0.171. The number of rotatable bonds is 2. The number of hydrogen-bond donors (Lipinski definition) is 0. The van der Waals surface area contributed by atoms with E-state index in [2.05, 4.69) is 0 Å². The van der Waals surface area contributed by atoms with E-state index in [4.69, 9.17) is 9.47 Å². The van der Waals surface area contributed by atoms with E-state index in [1.54, 1.807) is 11.1 Å². The first-order valence-corrected chi connectivity index (χ1v) is 8.81. The van der Waals surface area contributed by atoms with Crippen molar-refractivity contribution < 1.29 is 19.1 Å². The van der Waals surface area contributed by atoms with Gasteiger partial charge in [-0.05, 0) is 55.8 Å². The lowest BCUT2D eigenvalue weighted by atomic mass is 9.57. The van der Waals surface area contributed by atoms with Crippen molar-refractivity contribution in [3.8, 4) is 0 Å². The van der Waals surface area contributed by atoms with Crippen LogP contribution in [0.5, 0.6) is 0 Å². The zero-order valence-corrected chi connectivity index (χ0v) is 13.9. The van der Waals surface area contributed by atoms with Crippen LogP contribution in [0.1, 0.15) is 44.9 Å². The minimum Gasteiger partial charge on any atom is -0.466 e. The van der Waals surface area contributed by atoms with E-state index >= 15 is 0 Å². The maximum absolute atomic E-state index is 12.3. The molecular weight excluding hydrogens is 292 g/mol. The van der Waals surface area contributed by atoms with Gasteiger partial charge in [-0.25, -0.2) is 9.59 Å². The Hall–Kier alpha value is -1.58. The molecular formula is C19H24O4. The summed E-state index contributed by atoms with van der Waals surface area (Å²) in [5.41, 5.74) is 4.43. The highest BCUT2D eigenvalue weighted by Gasteiger charge is 2.62. The molecule has 4 atom stereocenters. The molecule has 0 aromatic carbocycles. The van der Waals surface area contributed by atoms with Crippen molar-refractivity contribution in [3.05, 3.63) is 22.3 Å². The van der Waals surface area contributed by atoms with Crippen LogP contribution in [0.15, 0.2) is 22.3 Å². The lowest BCUT2D eigenvalue weighted by Crippen LogP contribution is -2.40. The van der Waals surface area contributed by atoms with Gasteiger partial charge in [-0.1, -0.05) is 24.0 Å². The molecule has 1 fully saturated rings. The fraction of sp³-hybridized carbons (Fsp3) is 0.684. The molecule has 4 rings (SSSR count). The fourth-order valence-corrected chi connectivity index (χ4v) is 5.69. The second-order valence-corrected chi connectivity index (χ2v) is 7.28. The van der Waals surface area contributed by atoms with Gasteiger partial charge < -0.3 is 9.47 Å². The third-order valence-electron chi connectivity index (χ3n) is 6.46. The summed E-state index contributed by atoms with van der Waals surface area (Å²) in [5, 5.41) is 0. The molecule has 0 spiro atoms. The van der Waals surface area contributed by atoms with Gasteiger partial charge in [-0.15, -0.1) is 0 Å². The number of ether oxygens (including phenoxy) is 2. The van der Waals surface area contributed by atoms with Gasteiger partial charge in [-0.2, -0.15) is 0 Å². The third kappa shape index (κ3) is 1.96. The van der Waals surface area contributed by atoms with E-state index < -0.39 is 0 Å². The van der Waals surface area contributed by atoms with Crippen molar-refractivity contribution in [2.75, 3.05) is 14.2 Å². The Balaban J connectivity index is 1.72. The molecule has 0 aliphatic heterocycles. The summed E-state index contributed by atoms with van der Waals surface area (Å²) in [6.07, 6.45) is 8.44. The molecule has 4 unspecified atom stereocenters. The molecule has 1 saturated carbocycles. The quantitative estimate of drug-likeness (QED) is 0.580. The van der Waals surface area contributed by atoms with Gasteiger partial charge in [0, 0.05) is 0 Å². The molecule has 0 aromatic rings. The molecule has 2 bridgehead atoms. The van der Waals surface area contributed by atoms with Gasteiger partial charge in [0.05, 0.1) is 25.4 Å². The van der Waals surface area contributed by atoms with Crippen LogP contribution in [-0.2, 0) is 19.1 Å². The van der Waals surface area contributed by atoms with Gasteiger partial charge >= 0.3 is 11.9 Å².